The first-order valence-electron chi connectivity index (χ1n) is 9.40. The monoisotopic (exact) mass is 347 g/mol. The van der Waals surface area contributed by atoms with Crippen molar-refractivity contribution in [1.82, 2.24) is 9.38 Å². The van der Waals surface area contributed by atoms with Gasteiger partial charge in [0.05, 0.1) is 5.69 Å². The third-order valence-electron chi connectivity index (χ3n) is 5.43. The number of imidazole rings is 1. The summed E-state index contributed by atoms with van der Waals surface area (Å²) >= 11 is 0. The second kappa shape index (κ2) is 6.60. The van der Waals surface area contributed by atoms with E-state index < -0.39 is 0 Å². The molecule has 0 fully saturated rings. The molecule has 1 atom stereocenters. The first-order valence-corrected chi connectivity index (χ1v) is 9.40. The first-order chi connectivity index (χ1) is 12.5. The van der Waals surface area contributed by atoms with E-state index in [0.717, 1.165) is 41.9 Å². The Labute approximate surface area is 154 Å². The standard InChI is InChI=1S/C22H25N3O/c1-14(2)17-8-6-7-15(3)21(17)24-22(26)16-10-11-18-19(13-16)25-12-5-4-9-20(25)23-18/h4-9,12,14,16H,10-11,13H2,1-3H3,(H,24,26). The summed E-state index contributed by atoms with van der Waals surface area (Å²) < 4.78 is 2.13. The van der Waals surface area contributed by atoms with Gasteiger partial charge < -0.3 is 9.72 Å². The Morgan fingerprint density at radius 2 is 2.08 bits per heavy atom. The molecule has 4 rings (SSSR count). The molecule has 1 aliphatic rings. The van der Waals surface area contributed by atoms with E-state index in [1.165, 1.54) is 11.3 Å². The number of nitrogens with one attached hydrogen (secondary N) is 1. The van der Waals surface area contributed by atoms with Crippen LogP contribution in [0.5, 0.6) is 0 Å². The van der Waals surface area contributed by atoms with Crippen molar-refractivity contribution in [3.8, 4) is 0 Å². The lowest BCUT2D eigenvalue weighted by Gasteiger charge is -2.23. The summed E-state index contributed by atoms with van der Waals surface area (Å²) in [5.41, 5.74) is 6.59. The van der Waals surface area contributed by atoms with Crippen LogP contribution in [-0.4, -0.2) is 15.3 Å². The molecule has 0 saturated heterocycles. The summed E-state index contributed by atoms with van der Waals surface area (Å²) in [6.07, 6.45) is 4.50. The minimum absolute atomic E-state index is 0.0118. The van der Waals surface area contributed by atoms with Crippen molar-refractivity contribution in [1.29, 1.82) is 0 Å². The average Bonchev–Trinajstić information content (AvgIpc) is 3.01. The minimum Gasteiger partial charge on any atom is -0.325 e. The van der Waals surface area contributed by atoms with Crippen LogP contribution in [0.3, 0.4) is 0 Å². The number of amides is 1. The SMILES string of the molecule is Cc1cccc(C(C)C)c1NC(=O)C1CCc2nc3ccccn3c2C1. The van der Waals surface area contributed by atoms with E-state index >= 15 is 0 Å². The number of aryl methyl sites for hydroxylation is 2. The molecule has 1 N–H and O–H groups in total. The van der Waals surface area contributed by atoms with Gasteiger partial charge in [-0.3, -0.25) is 4.79 Å². The topological polar surface area (TPSA) is 46.4 Å². The molecule has 3 aromatic rings. The molecule has 0 saturated carbocycles. The number of hydrogen-bond acceptors (Lipinski definition) is 2. The van der Waals surface area contributed by atoms with E-state index in [0.29, 0.717) is 5.92 Å². The summed E-state index contributed by atoms with van der Waals surface area (Å²) in [6, 6.07) is 12.3. The van der Waals surface area contributed by atoms with Crippen LogP contribution in [-0.2, 0) is 17.6 Å². The molecule has 4 heteroatoms. The van der Waals surface area contributed by atoms with Crippen LogP contribution < -0.4 is 5.32 Å². The molecule has 0 aliphatic heterocycles. The number of pyridine rings is 1. The molecular weight excluding hydrogens is 322 g/mol. The van der Waals surface area contributed by atoms with Crippen molar-refractivity contribution in [3.05, 3.63) is 65.1 Å². The van der Waals surface area contributed by atoms with Crippen molar-refractivity contribution in [2.45, 2.75) is 46.0 Å². The van der Waals surface area contributed by atoms with Crippen molar-refractivity contribution >= 4 is 17.2 Å². The van der Waals surface area contributed by atoms with Gasteiger partial charge in [-0.2, -0.15) is 0 Å². The van der Waals surface area contributed by atoms with Crippen LogP contribution in [0.15, 0.2) is 42.6 Å². The minimum atomic E-state index is -0.0118. The molecule has 26 heavy (non-hydrogen) atoms. The van der Waals surface area contributed by atoms with Gasteiger partial charge in [-0.25, -0.2) is 4.98 Å². The van der Waals surface area contributed by atoms with Gasteiger partial charge in [0.2, 0.25) is 5.91 Å². The molecule has 1 aromatic carbocycles. The highest BCUT2D eigenvalue weighted by Gasteiger charge is 2.28. The fourth-order valence-corrected chi connectivity index (χ4v) is 3.95. The Bertz CT molecular complexity index is 971. The molecule has 2 heterocycles. The molecule has 4 nitrogen and oxygen atoms in total. The van der Waals surface area contributed by atoms with Crippen molar-refractivity contribution in [2.75, 3.05) is 5.32 Å². The van der Waals surface area contributed by atoms with Gasteiger partial charge in [-0.15, -0.1) is 0 Å². The summed E-state index contributed by atoms with van der Waals surface area (Å²) in [4.78, 5) is 17.7. The van der Waals surface area contributed by atoms with Crippen molar-refractivity contribution < 1.29 is 4.79 Å². The number of aromatic nitrogens is 2. The highest BCUT2D eigenvalue weighted by atomic mass is 16.1. The lowest BCUT2D eigenvalue weighted by Crippen LogP contribution is -2.29. The Balaban J connectivity index is 1.59. The predicted octanol–water partition coefficient (Wildman–Crippen LogP) is 4.51. The first kappa shape index (κ1) is 16.8. The van der Waals surface area contributed by atoms with Crippen molar-refractivity contribution in [3.63, 3.8) is 0 Å². The maximum absolute atomic E-state index is 13.0. The molecule has 2 aromatic heterocycles. The third-order valence-corrected chi connectivity index (χ3v) is 5.43. The van der Waals surface area contributed by atoms with E-state index in [9.17, 15) is 4.79 Å². The van der Waals surface area contributed by atoms with Crippen molar-refractivity contribution in [2.24, 2.45) is 5.92 Å². The maximum Gasteiger partial charge on any atom is 0.227 e. The number of carbonyl (C=O) groups excluding carboxylic acids is 1. The summed E-state index contributed by atoms with van der Waals surface area (Å²) in [7, 11) is 0. The number of hydrogen-bond donors (Lipinski definition) is 1. The molecule has 1 unspecified atom stereocenters. The predicted molar refractivity (Wildman–Crippen MR) is 105 cm³/mol. The normalized spacial score (nSPS) is 16.7. The summed E-state index contributed by atoms with van der Waals surface area (Å²) in [6.45, 7) is 6.39. The number of fused-ring (bicyclic) bond motifs is 3. The van der Waals surface area contributed by atoms with Crippen LogP contribution in [0.1, 0.15) is 48.7 Å². The zero-order valence-corrected chi connectivity index (χ0v) is 15.6. The van der Waals surface area contributed by atoms with Crippen LogP contribution in [0.4, 0.5) is 5.69 Å². The zero-order chi connectivity index (χ0) is 18.3. The Hall–Kier alpha value is -2.62. The largest absolute Gasteiger partial charge is 0.325 e. The van der Waals surface area contributed by atoms with E-state index in [2.05, 4.69) is 48.7 Å². The third kappa shape index (κ3) is 2.90. The second-order valence-corrected chi connectivity index (χ2v) is 7.56. The van der Waals surface area contributed by atoms with Gasteiger partial charge in [-0.05, 0) is 48.9 Å². The fourth-order valence-electron chi connectivity index (χ4n) is 3.95. The summed E-state index contributed by atoms with van der Waals surface area (Å²) in [5.74, 6) is 0.488. The van der Waals surface area contributed by atoms with Gasteiger partial charge in [0.1, 0.15) is 5.65 Å². The molecule has 1 amide bonds. The van der Waals surface area contributed by atoms with Crippen LogP contribution in [0.25, 0.3) is 5.65 Å². The van der Waals surface area contributed by atoms with Gasteiger partial charge in [0, 0.05) is 29.9 Å². The lowest BCUT2D eigenvalue weighted by molar-refractivity contribution is -0.120. The summed E-state index contributed by atoms with van der Waals surface area (Å²) in [5, 5.41) is 3.23. The number of anilines is 1. The van der Waals surface area contributed by atoms with Gasteiger partial charge in [0.15, 0.2) is 0 Å². The van der Waals surface area contributed by atoms with Crippen LogP contribution in [0, 0.1) is 12.8 Å². The fraction of sp³-hybridized carbons (Fsp3) is 0.364. The molecule has 0 spiro atoms. The number of nitrogens with zero attached hydrogens (tertiary/aromatic N) is 2. The second-order valence-electron chi connectivity index (χ2n) is 7.56. The lowest BCUT2D eigenvalue weighted by atomic mass is 9.88. The van der Waals surface area contributed by atoms with E-state index in [1.54, 1.807) is 0 Å². The molecule has 1 aliphatic carbocycles. The highest BCUT2D eigenvalue weighted by Crippen LogP contribution is 2.31. The van der Waals surface area contributed by atoms with Gasteiger partial charge >= 0.3 is 0 Å². The molecule has 0 bridgehead atoms. The number of rotatable bonds is 3. The van der Waals surface area contributed by atoms with Crippen LogP contribution in [0.2, 0.25) is 0 Å². The van der Waals surface area contributed by atoms with Gasteiger partial charge in [-0.1, -0.05) is 38.1 Å². The number of benzene rings is 1. The average molecular weight is 347 g/mol. The van der Waals surface area contributed by atoms with Crippen LogP contribution >= 0.6 is 0 Å². The van der Waals surface area contributed by atoms with Gasteiger partial charge in [0.25, 0.3) is 0 Å². The maximum atomic E-state index is 13.0. The van der Waals surface area contributed by atoms with E-state index in [4.69, 9.17) is 4.98 Å². The molecular formula is C22H25N3O. The number of para-hydroxylation sites is 1. The van der Waals surface area contributed by atoms with E-state index in [1.807, 2.05) is 24.4 Å². The smallest absolute Gasteiger partial charge is 0.227 e. The highest BCUT2D eigenvalue weighted by molar-refractivity contribution is 5.94. The quantitative estimate of drug-likeness (QED) is 0.758. The molecule has 134 valence electrons. The zero-order valence-electron chi connectivity index (χ0n) is 15.6. The Morgan fingerprint density at radius 1 is 1.23 bits per heavy atom. The van der Waals surface area contributed by atoms with E-state index in [-0.39, 0.29) is 11.8 Å². The number of carbonyl (C=O) groups is 1. The molecule has 0 radical (unpaired) electrons. The Morgan fingerprint density at radius 3 is 2.88 bits per heavy atom. The Kier molecular flexibility index (Phi) is 4.27.